The molecule has 4 aromatic rings. The van der Waals surface area contributed by atoms with E-state index in [1.165, 1.54) is 67.3 Å². The van der Waals surface area contributed by atoms with E-state index in [0.717, 1.165) is 48.9 Å². The largest absolute Gasteiger partial charge is 0.508 e. The summed E-state index contributed by atoms with van der Waals surface area (Å²) in [6.45, 7) is 6.37. The molecule has 11 rings (SSSR count). The maximum absolute atomic E-state index is 13.2. The molecule has 3 heterocycles. The van der Waals surface area contributed by atoms with Crippen LogP contribution in [0.2, 0.25) is 0 Å². The lowest BCUT2D eigenvalue weighted by molar-refractivity contribution is -0.123. The zero-order valence-corrected chi connectivity index (χ0v) is 38.3. The number of phenolic OH excluding ortho intramolecular Hbond substituents is 2. The topological polar surface area (TPSA) is 96.7 Å². The second-order valence-electron chi connectivity index (χ2n) is 20.2. The fourth-order valence-corrected chi connectivity index (χ4v) is 13.6. The number of aliphatic hydroxyl groups is 1. The van der Waals surface area contributed by atoms with Crippen molar-refractivity contribution < 1.29 is 24.9 Å². The first-order valence-electron chi connectivity index (χ1n) is 23.8. The first-order valence-corrected chi connectivity index (χ1v) is 23.8. The Morgan fingerprint density at radius 3 is 2.17 bits per heavy atom. The van der Waals surface area contributed by atoms with E-state index in [9.17, 15) is 20.1 Å². The van der Waals surface area contributed by atoms with E-state index in [2.05, 4.69) is 92.3 Å². The number of Topliss-reactive ketones (excluding diaryl/α,β-unsaturated/α-hetero) is 1. The van der Waals surface area contributed by atoms with Gasteiger partial charge >= 0.3 is 0 Å². The van der Waals surface area contributed by atoms with Gasteiger partial charge < -0.3 is 34.8 Å². The summed E-state index contributed by atoms with van der Waals surface area (Å²) < 4.78 is 6.09. The number of carbonyl (C=O) groups excluding carboxylic acids is 1. The molecule has 7 aliphatic rings. The van der Waals surface area contributed by atoms with E-state index >= 15 is 0 Å². The molecule has 0 aromatic heterocycles. The fraction of sp³-hybridized carbons (Fsp3) is 0.509. The molecule has 63 heavy (non-hydrogen) atoms. The molecule has 0 radical (unpaired) electrons. The van der Waals surface area contributed by atoms with E-state index in [1.54, 1.807) is 6.07 Å². The van der Waals surface area contributed by atoms with E-state index in [1.807, 2.05) is 61.5 Å². The van der Waals surface area contributed by atoms with Crippen molar-refractivity contribution in [1.82, 2.24) is 14.7 Å². The van der Waals surface area contributed by atoms with Crippen molar-refractivity contribution >= 4 is 5.78 Å². The molecule has 4 aliphatic carbocycles. The summed E-state index contributed by atoms with van der Waals surface area (Å²) in [5.41, 5.74) is 7.24. The summed E-state index contributed by atoms with van der Waals surface area (Å²) in [5.74, 6) is 2.74. The number of hydrogen-bond acceptors (Lipinski definition) is 8. The lowest BCUT2D eigenvalue weighted by Gasteiger charge is -2.58. The monoisotopic (exact) mass is 852 g/mol. The van der Waals surface area contributed by atoms with Gasteiger partial charge in [-0.25, -0.2) is 0 Å². The van der Waals surface area contributed by atoms with Gasteiger partial charge in [0.05, 0.1) is 5.41 Å². The van der Waals surface area contributed by atoms with Crippen molar-refractivity contribution in [3.63, 3.8) is 0 Å². The summed E-state index contributed by atoms with van der Waals surface area (Å²) >= 11 is 0. The average Bonchev–Trinajstić information content (AvgIpc) is 3.67. The number of aliphatic hydroxyl groups excluding tert-OH is 1. The van der Waals surface area contributed by atoms with E-state index in [4.69, 9.17) is 4.74 Å². The van der Waals surface area contributed by atoms with Gasteiger partial charge in [0.15, 0.2) is 11.5 Å². The molecule has 8 nitrogen and oxygen atoms in total. The number of nitrogens with zero attached hydrogens (tertiary/aromatic N) is 3. The molecule has 3 fully saturated rings. The number of phenols is 2. The number of benzene rings is 4. The van der Waals surface area contributed by atoms with Gasteiger partial charge in [-0.15, -0.1) is 0 Å². The van der Waals surface area contributed by atoms with E-state index < -0.39 is 11.5 Å². The maximum Gasteiger partial charge on any atom is 0.165 e. The predicted octanol–water partition coefficient (Wildman–Crippen LogP) is 8.57. The number of likely N-dealkylation sites (tertiary alicyclic amines) is 2. The molecule has 8 heteroatoms. The van der Waals surface area contributed by atoms with Crippen LogP contribution in [0.1, 0.15) is 98.6 Å². The van der Waals surface area contributed by atoms with Gasteiger partial charge in [-0.2, -0.15) is 0 Å². The molecular weight excluding hydrogens is 783 g/mol. The number of hydrogen-bond donors (Lipinski definition) is 3. The minimum absolute atomic E-state index is 0.160. The third-order valence-corrected chi connectivity index (χ3v) is 17.1. The summed E-state index contributed by atoms with van der Waals surface area (Å²) in [6, 6.07) is 31.8. The molecule has 4 bridgehead atoms. The number of aromatic hydroxyl groups is 2. The molecule has 0 amide bonds. The van der Waals surface area contributed by atoms with Crippen LogP contribution in [0.25, 0.3) is 0 Å². The number of ether oxygens (including phenoxy) is 1. The van der Waals surface area contributed by atoms with E-state index in [0.29, 0.717) is 41.3 Å². The number of ketones is 1. The molecular formula is C55H69N3O5. The third kappa shape index (κ3) is 7.15. The van der Waals surface area contributed by atoms with Crippen molar-refractivity contribution in [2.75, 3.05) is 41.3 Å². The second-order valence-corrected chi connectivity index (χ2v) is 20.2. The molecule has 4 aromatic carbocycles. The number of rotatable bonds is 7. The fourth-order valence-electron chi connectivity index (χ4n) is 13.6. The first kappa shape index (κ1) is 43.8. The normalized spacial score (nSPS) is 30.3. The van der Waals surface area contributed by atoms with Gasteiger partial charge in [-0.3, -0.25) is 4.79 Å². The summed E-state index contributed by atoms with van der Waals surface area (Å²) in [6.07, 6.45) is 14.4. The zero-order valence-electron chi connectivity index (χ0n) is 38.3. The summed E-state index contributed by atoms with van der Waals surface area (Å²) in [4.78, 5) is 20.4. The van der Waals surface area contributed by atoms with Gasteiger partial charge in [0.1, 0.15) is 23.7 Å². The molecule has 334 valence electrons. The first-order chi connectivity index (χ1) is 30.3. The Morgan fingerprint density at radius 2 is 1.49 bits per heavy atom. The number of piperidine rings is 2. The standard InChI is InChI=1S/C21H27NO.C17H19NO3.C17H23NO/c1-5-20(23)21(16-17(2)22(3)4,18-12-8-6-9-13-18)19-14-10-7-11-15-19;1-18-7-6-17-10-3-5-13(20)16(17)21-15-12(19)4-2-9(14(15)17)8-11(10)18;1-18-9-8-17-7-3-2-4-14(17)16(18)10-12-5-6-13(19)11-15(12)17/h6-15,17H,5,16H2,1-4H3;2-5,10-11,13,16,19-20H,6-8H2,1H3;5-6,11,14,16,19H,2-4,7-10H2,1H3/t;10-,11+,13-,16-,17-;14-,16+,17+/m.00/s1. The van der Waals surface area contributed by atoms with Crippen LogP contribution >= 0.6 is 0 Å². The molecule has 1 spiro atoms. The summed E-state index contributed by atoms with van der Waals surface area (Å²) in [5, 5.41) is 30.6. The van der Waals surface area contributed by atoms with Crippen molar-refractivity contribution in [3.05, 3.63) is 137 Å². The van der Waals surface area contributed by atoms with Crippen LogP contribution in [0.4, 0.5) is 0 Å². The van der Waals surface area contributed by atoms with Gasteiger partial charge in [0, 0.05) is 46.9 Å². The molecule has 1 unspecified atom stereocenters. The third-order valence-electron chi connectivity index (χ3n) is 17.1. The molecule has 2 saturated heterocycles. The lowest BCUT2D eigenvalue weighted by atomic mass is 9.52. The number of fused-ring (bicyclic) bond motifs is 1. The SMILES string of the molecule is CCC(=O)C(CC(C)N(C)C)(c1ccccc1)c1ccccc1.CN1CC[C@]23CCCC[C@H]2[C@H]1Cc1ccc(O)cc13.CN1CC[C@]23c4c5ccc(O)c4O[C@H]2[C@@H](O)C=C[C@H]3[C@H]1C5. The van der Waals surface area contributed by atoms with Crippen LogP contribution < -0.4 is 4.74 Å². The highest BCUT2D eigenvalue weighted by molar-refractivity contribution is 5.93. The van der Waals surface area contributed by atoms with Gasteiger partial charge in [-0.05, 0) is 145 Å². The molecule has 3 N–H and O–H groups in total. The highest BCUT2D eigenvalue weighted by Crippen LogP contribution is 2.62. The van der Waals surface area contributed by atoms with Crippen molar-refractivity contribution in [2.45, 2.75) is 125 Å². The minimum atomic E-state index is -0.594. The number of likely N-dealkylation sites (N-methyl/N-ethyl adjacent to an activating group) is 2. The molecule has 9 atom stereocenters. The van der Waals surface area contributed by atoms with Crippen LogP contribution in [0, 0.1) is 11.8 Å². The second kappa shape index (κ2) is 17.2. The molecule has 3 aliphatic heterocycles. The van der Waals surface area contributed by atoms with Crippen LogP contribution in [0.5, 0.6) is 17.2 Å². The van der Waals surface area contributed by atoms with Crippen molar-refractivity contribution in [2.24, 2.45) is 11.8 Å². The Balaban J connectivity index is 0.000000120. The van der Waals surface area contributed by atoms with Crippen LogP contribution in [-0.2, 0) is 33.9 Å². The quantitative estimate of drug-likeness (QED) is 0.159. The van der Waals surface area contributed by atoms with Crippen LogP contribution in [0.3, 0.4) is 0 Å². The van der Waals surface area contributed by atoms with Gasteiger partial charge in [0.2, 0.25) is 0 Å². The minimum Gasteiger partial charge on any atom is -0.508 e. The van der Waals surface area contributed by atoms with Crippen LogP contribution in [-0.4, -0.2) is 107 Å². The van der Waals surface area contributed by atoms with Crippen molar-refractivity contribution in [1.29, 1.82) is 0 Å². The summed E-state index contributed by atoms with van der Waals surface area (Å²) in [7, 11) is 8.63. The Labute approximate surface area is 375 Å². The smallest absolute Gasteiger partial charge is 0.165 e. The Hall–Kier alpha value is -4.47. The predicted molar refractivity (Wildman–Crippen MR) is 251 cm³/mol. The number of carbonyl (C=O) groups is 1. The lowest BCUT2D eigenvalue weighted by Crippen LogP contribution is -2.64. The average molecular weight is 852 g/mol. The highest BCUT2D eigenvalue weighted by Gasteiger charge is 2.64. The van der Waals surface area contributed by atoms with E-state index in [-0.39, 0.29) is 23.1 Å². The zero-order chi connectivity index (χ0) is 44.3. The van der Waals surface area contributed by atoms with Crippen molar-refractivity contribution in [3.8, 4) is 17.2 Å². The van der Waals surface area contributed by atoms with Gasteiger partial charge in [-0.1, -0.05) is 105 Å². The Bertz CT molecular complexity index is 2270. The Morgan fingerprint density at radius 1 is 0.841 bits per heavy atom. The van der Waals surface area contributed by atoms with Crippen LogP contribution in [0.15, 0.2) is 103 Å². The highest BCUT2D eigenvalue weighted by atomic mass is 16.5. The Kier molecular flexibility index (Phi) is 11.9. The maximum atomic E-state index is 13.2. The molecule has 1 saturated carbocycles. The van der Waals surface area contributed by atoms with Gasteiger partial charge in [0.25, 0.3) is 0 Å².